The Hall–Kier alpha value is -6.70. The number of aromatic nitrogens is 8. The van der Waals surface area contributed by atoms with Gasteiger partial charge in [-0.2, -0.15) is 9.59 Å². The summed E-state index contributed by atoms with van der Waals surface area (Å²) in [7, 11) is -5.00. The number of thiophene rings is 1. The highest BCUT2D eigenvalue weighted by molar-refractivity contribution is 7.94. The van der Waals surface area contributed by atoms with Gasteiger partial charge >= 0.3 is 0 Å². The minimum Gasteiger partial charge on any atom is -0.494 e. The first-order valence-electron chi connectivity index (χ1n) is 25.0. The Morgan fingerprint density at radius 3 is 1.56 bits per heavy atom. The van der Waals surface area contributed by atoms with Gasteiger partial charge in [0.2, 0.25) is 18.4 Å². The maximum atomic E-state index is 13.6. The molecule has 0 aliphatic carbocycles. The van der Waals surface area contributed by atoms with E-state index in [0.29, 0.717) is 126 Å². The van der Waals surface area contributed by atoms with Crippen molar-refractivity contribution >= 4 is 42.8 Å². The molecule has 0 spiro atoms. The molecule has 3 aliphatic rings. The molecule has 0 atom stereocenters. The van der Waals surface area contributed by atoms with Crippen LogP contribution in [0.5, 0.6) is 23.0 Å². The minimum atomic E-state index is -4.11. The van der Waals surface area contributed by atoms with Gasteiger partial charge in [-0.3, -0.25) is 20.0 Å². The number of piperidine rings is 2. The second-order valence-corrected chi connectivity index (χ2v) is 23.8. The molecule has 2 amide bonds. The van der Waals surface area contributed by atoms with Gasteiger partial charge in [0.25, 0.3) is 11.8 Å². The lowest BCUT2D eigenvalue weighted by molar-refractivity contribution is -0.134. The fourth-order valence-electron chi connectivity index (χ4n) is 9.16. The molecule has 0 radical (unpaired) electrons. The number of rotatable bonds is 24. The largest absolute Gasteiger partial charge is 0.494 e. The zero-order valence-corrected chi connectivity index (χ0v) is 45.5. The number of likely N-dealkylation sites (tertiary alicyclic amines) is 2. The van der Waals surface area contributed by atoms with Crippen molar-refractivity contribution in [2.45, 2.75) is 70.9 Å². The van der Waals surface area contributed by atoms with E-state index in [1.807, 2.05) is 33.4 Å². The summed E-state index contributed by atoms with van der Waals surface area (Å²) >= 11 is 1.54. The van der Waals surface area contributed by atoms with Crippen molar-refractivity contribution in [2.24, 2.45) is 0 Å². The third-order valence-electron chi connectivity index (χ3n) is 13.7. The lowest BCUT2D eigenvalue weighted by Crippen LogP contribution is -2.57. The van der Waals surface area contributed by atoms with Crippen molar-refractivity contribution in [1.82, 2.24) is 61.2 Å². The van der Waals surface area contributed by atoms with Crippen LogP contribution in [0.1, 0.15) is 38.5 Å². The van der Waals surface area contributed by atoms with Crippen molar-refractivity contribution < 1.29 is 65.3 Å². The van der Waals surface area contributed by atoms with Crippen LogP contribution in [0.4, 0.5) is 0 Å². The normalized spacial score (nSPS) is 16.2. The summed E-state index contributed by atoms with van der Waals surface area (Å²) in [6.07, 6.45) is 1.44. The van der Waals surface area contributed by atoms with Gasteiger partial charge in [0, 0.05) is 71.9 Å². The minimum absolute atomic E-state index is 0.00159. The molecule has 3 aliphatic heterocycles. The molecule has 4 N–H and O–H groups in total. The van der Waals surface area contributed by atoms with Crippen LogP contribution in [-0.4, -0.2) is 185 Å². The first-order valence-corrected chi connectivity index (χ1v) is 28.9. The van der Waals surface area contributed by atoms with E-state index in [2.05, 4.69) is 30.8 Å². The highest BCUT2D eigenvalue weighted by Gasteiger charge is 2.54. The van der Waals surface area contributed by atoms with E-state index in [-0.39, 0.29) is 42.3 Å². The second kappa shape index (κ2) is 26.3. The molecule has 420 valence electrons. The lowest BCUT2D eigenvalue weighted by atomic mass is 9.95. The van der Waals surface area contributed by atoms with Crippen molar-refractivity contribution in [3.8, 4) is 45.1 Å². The van der Waals surface area contributed by atoms with Crippen LogP contribution in [0.3, 0.4) is 0 Å². The molecule has 0 unspecified atom stereocenters. The Morgan fingerprint density at radius 2 is 1.10 bits per heavy atom. The van der Waals surface area contributed by atoms with E-state index in [9.17, 15) is 36.8 Å². The maximum absolute atomic E-state index is 13.6. The molecule has 2 saturated heterocycles. The van der Waals surface area contributed by atoms with Crippen LogP contribution in [0, 0.1) is 0 Å². The maximum Gasteiger partial charge on any atom is 0.265 e. The molecule has 3 aromatic heterocycles. The fraction of sp³-hybridized carbons (Fsp3) is 0.469. The van der Waals surface area contributed by atoms with Crippen molar-refractivity contribution in [2.75, 3.05) is 86.7 Å². The standard InChI is InChI=1S/C26H32N6O8S.C23H30N6O6S2/c1-37-16-14-31-12-9-26(10-13-31,25(33)29-34)41(35,36)21-6-4-20(5-7-21)38-15-2-11-32-28-24(27-30-32)19-3-8-22-23(17-19)40-18-39-22;1-34-16-14-28-12-9-23(10-13-28,22(30)26-31)37(32,33)19-7-5-18(6-8-19)35-15-3-11-29-25-21(24-27-29)20-4-2-17-36-20/h3-8,17,34H,2,9-16,18H2,1H3,(H,29,33);2,4-8,17,31H,3,9-16H2,1H3,(H,26,30). The van der Waals surface area contributed by atoms with Gasteiger partial charge < -0.3 is 38.2 Å². The molecular weight excluding hydrogens is 1080 g/mol. The van der Waals surface area contributed by atoms with Gasteiger partial charge in [-0.05, 0) is 114 Å². The number of amides is 2. The van der Waals surface area contributed by atoms with Crippen LogP contribution in [-0.2, 0) is 51.8 Å². The van der Waals surface area contributed by atoms with Crippen LogP contribution < -0.4 is 29.9 Å². The first-order chi connectivity index (χ1) is 37.7. The third kappa shape index (κ3) is 13.1. The Kier molecular flexibility index (Phi) is 19.4. The Bertz CT molecular complexity index is 3130. The van der Waals surface area contributed by atoms with Crippen molar-refractivity contribution in [3.63, 3.8) is 0 Å². The average molecular weight is 1140 g/mol. The number of fused-ring (bicyclic) bond motifs is 1. The zero-order valence-electron chi connectivity index (χ0n) is 43.0. The van der Waals surface area contributed by atoms with Crippen molar-refractivity contribution in [3.05, 3.63) is 84.2 Å². The topological polar surface area (TPSA) is 316 Å². The van der Waals surface area contributed by atoms with Gasteiger partial charge in [-0.15, -0.1) is 31.7 Å². The summed E-state index contributed by atoms with van der Waals surface area (Å²) in [5, 5.41) is 45.7. The summed E-state index contributed by atoms with van der Waals surface area (Å²) in [6, 6.07) is 21.2. The number of benzene rings is 3. The number of carbonyl (C=O) groups is 2. The summed E-state index contributed by atoms with van der Waals surface area (Å²) in [5.74, 6) is 1.51. The van der Waals surface area contributed by atoms with Crippen LogP contribution in [0.25, 0.3) is 22.1 Å². The van der Waals surface area contributed by atoms with E-state index in [4.69, 9.17) is 28.4 Å². The van der Waals surface area contributed by atoms with Crippen LogP contribution in [0.15, 0.2) is 94.0 Å². The number of hydrogen-bond donors (Lipinski definition) is 4. The smallest absolute Gasteiger partial charge is 0.265 e. The van der Waals surface area contributed by atoms with E-state index in [0.717, 1.165) is 10.4 Å². The number of nitrogens with one attached hydrogen (secondary N) is 2. The number of hydroxylamine groups is 2. The molecule has 26 nitrogen and oxygen atoms in total. The summed E-state index contributed by atoms with van der Waals surface area (Å²) in [5.41, 5.74) is 3.92. The SMILES string of the molecule is COCCN1CCC(C(=O)NO)(S(=O)(=O)c2ccc(OCCCn3nnc(-c4ccc5c(c4)OCO5)n3)cc2)CC1.COCCN1CCC(C(=O)NO)(S(=O)(=O)c2ccc(OCCCn3nnc(-c4cccs4)n3)cc2)CC1. The van der Waals surface area contributed by atoms with Crippen molar-refractivity contribution in [1.29, 1.82) is 0 Å². The summed E-state index contributed by atoms with van der Waals surface area (Å²) in [4.78, 5) is 33.3. The molecule has 3 aromatic carbocycles. The molecule has 78 heavy (non-hydrogen) atoms. The predicted molar refractivity (Wildman–Crippen MR) is 278 cm³/mol. The summed E-state index contributed by atoms with van der Waals surface area (Å²) < 4.78 is 83.3. The van der Waals surface area contributed by atoms with Gasteiger partial charge in [0.05, 0.1) is 54.2 Å². The fourth-order valence-corrected chi connectivity index (χ4v) is 13.7. The zero-order chi connectivity index (χ0) is 55.2. The van der Waals surface area contributed by atoms with Gasteiger partial charge in [0.15, 0.2) is 40.7 Å². The quantitative estimate of drug-likeness (QED) is 0.0385. The second-order valence-electron chi connectivity index (χ2n) is 18.4. The van der Waals surface area contributed by atoms with E-state index in [1.54, 1.807) is 72.9 Å². The predicted octanol–water partition coefficient (Wildman–Crippen LogP) is 2.93. The number of ether oxygens (including phenoxy) is 6. The number of nitrogens with zero attached hydrogens (tertiary/aromatic N) is 10. The van der Waals surface area contributed by atoms with Crippen LogP contribution in [0.2, 0.25) is 0 Å². The average Bonchev–Trinajstić information content (AvgIpc) is 4.47. The molecule has 29 heteroatoms. The molecule has 6 aromatic rings. The molecule has 9 rings (SSSR count). The Balaban J connectivity index is 0.000000207. The number of hydrogen-bond acceptors (Lipinski definition) is 23. The van der Waals surface area contributed by atoms with Crippen LogP contribution >= 0.6 is 11.3 Å². The highest BCUT2D eigenvalue weighted by Crippen LogP contribution is 2.39. The molecule has 2 fully saturated rings. The molecule has 0 saturated carbocycles. The third-order valence-corrected chi connectivity index (χ3v) is 19.6. The number of methoxy groups -OCH3 is 2. The molecule has 0 bridgehead atoms. The summed E-state index contributed by atoms with van der Waals surface area (Å²) in [6.45, 7) is 5.73. The van der Waals surface area contributed by atoms with Gasteiger partial charge in [-0.25, -0.2) is 27.8 Å². The number of sulfone groups is 2. The number of tetrazole rings is 2. The van der Waals surface area contributed by atoms with E-state index in [1.165, 1.54) is 33.9 Å². The molecule has 6 heterocycles. The Morgan fingerprint density at radius 1 is 0.628 bits per heavy atom. The molecular formula is C49H62N12O14S3. The van der Waals surface area contributed by atoms with Gasteiger partial charge in [-0.1, -0.05) is 6.07 Å². The van der Waals surface area contributed by atoms with E-state index < -0.39 is 41.0 Å². The first kappa shape index (κ1) is 57.5. The van der Waals surface area contributed by atoms with E-state index >= 15 is 0 Å². The number of carbonyl (C=O) groups excluding carboxylic acids is 2. The lowest BCUT2D eigenvalue weighted by Gasteiger charge is -2.39. The highest BCUT2D eigenvalue weighted by atomic mass is 32.2. The van der Waals surface area contributed by atoms with Gasteiger partial charge in [0.1, 0.15) is 11.5 Å². The Labute approximate surface area is 454 Å². The number of aryl methyl sites for hydroxylation is 2. The monoisotopic (exact) mass is 1140 g/mol.